The van der Waals surface area contributed by atoms with Crippen LogP contribution >= 0.6 is 11.3 Å². The molecule has 0 radical (unpaired) electrons. The third-order valence-electron chi connectivity index (χ3n) is 1.69. The van der Waals surface area contributed by atoms with Crippen molar-refractivity contribution in [3.63, 3.8) is 0 Å². The molecular weight excluding hydrogens is 172 g/mol. The van der Waals surface area contributed by atoms with Crippen molar-refractivity contribution in [1.29, 1.82) is 0 Å². The molecule has 0 bridgehead atoms. The molecule has 0 aliphatic rings. The van der Waals surface area contributed by atoms with Gasteiger partial charge in [0.05, 0.1) is 5.69 Å². The van der Waals surface area contributed by atoms with E-state index in [-0.39, 0.29) is 5.78 Å². The Kier molecular flexibility index (Phi) is 1.51. The molecular formula is C8H8N2OS. The lowest BCUT2D eigenvalue weighted by Crippen LogP contribution is -1.95. The van der Waals surface area contributed by atoms with E-state index < -0.39 is 0 Å². The zero-order valence-electron chi connectivity index (χ0n) is 6.87. The lowest BCUT2D eigenvalue weighted by atomic mass is 10.3. The van der Waals surface area contributed by atoms with Gasteiger partial charge >= 0.3 is 0 Å². The summed E-state index contributed by atoms with van der Waals surface area (Å²) >= 11 is 1.49. The highest BCUT2D eigenvalue weighted by molar-refractivity contribution is 7.15. The van der Waals surface area contributed by atoms with Gasteiger partial charge in [0.15, 0.2) is 10.7 Å². The highest BCUT2D eigenvalue weighted by Gasteiger charge is 2.08. The number of aryl methyl sites for hydroxylation is 1. The number of fused-ring (bicyclic) bond motifs is 1. The third kappa shape index (κ3) is 0.956. The van der Waals surface area contributed by atoms with E-state index in [9.17, 15) is 4.79 Å². The van der Waals surface area contributed by atoms with Crippen molar-refractivity contribution in [1.82, 2.24) is 9.38 Å². The van der Waals surface area contributed by atoms with Gasteiger partial charge in [-0.1, -0.05) is 0 Å². The summed E-state index contributed by atoms with van der Waals surface area (Å²) in [5, 5.41) is 1.84. The minimum Gasteiger partial charge on any atom is -0.293 e. The Morgan fingerprint density at radius 3 is 3.08 bits per heavy atom. The lowest BCUT2D eigenvalue weighted by molar-refractivity contribution is 0.101. The van der Waals surface area contributed by atoms with E-state index in [0.29, 0.717) is 0 Å². The number of thiazole rings is 1. The van der Waals surface area contributed by atoms with Gasteiger partial charge in [0.1, 0.15) is 5.69 Å². The summed E-state index contributed by atoms with van der Waals surface area (Å²) in [6.45, 7) is 3.49. The molecule has 0 aromatic carbocycles. The molecule has 0 spiro atoms. The van der Waals surface area contributed by atoms with Gasteiger partial charge in [-0.25, -0.2) is 4.98 Å². The second-order valence-electron chi connectivity index (χ2n) is 2.71. The monoisotopic (exact) mass is 180 g/mol. The van der Waals surface area contributed by atoms with Crippen LogP contribution in [-0.4, -0.2) is 15.2 Å². The van der Waals surface area contributed by atoms with Crippen LogP contribution in [0.3, 0.4) is 0 Å². The Bertz CT molecular complexity index is 441. The predicted octanol–water partition coefficient (Wildman–Crippen LogP) is 1.91. The maximum atomic E-state index is 11.1. The third-order valence-corrected chi connectivity index (χ3v) is 2.53. The fourth-order valence-electron chi connectivity index (χ4n) is 1.15. The van der Waals surface area contributed by atoms with Crippen molar-refractivity contribution in [3.8, 4) is 0 Å². The van der Waals surface area contributed by atoms with Crippen molar-refractivity contribution < 1.29 is 4.79 Å². The molecule has 2 rings (SSSR count). The van der Waals surface area contributed by atoms with Crippen molar-refractivity contribution in [2.45, 2.75) is 13.8 Å². The number of aromatic nitrogens is 2. The number of imidazole rings is 1. The van der Waals surface area contributed by atoms with E-state index in [1.807, 2.05) is 22.9 Å². The van der Waals surface area contributed by atoms with E-state index in [4.69, 9.17) is 0 Å². The van der Waals surface area contributed by atoms with Crippen LogP contribution in [-0.2, 0) is 0 Å². The molecule has 4 heteroatoms. The molecule has 0 unspecified atom stereocenters. The SMILES string of the molecule is CC(=O)c1csc2nc(C)cn12. The molecule has 0 N–H and O–H groups in total. The minimum absolute atomic E-state index is 0.0821. The molecule has 0 fully saturated rings. The number of rotatable bonds is 1. The van der Waals surface area contributed by atoms with Crippen LogP contribution in [0.4, 0.5) is 0 Å². The lowest BCUT2D eigenvalue weighted by Gasteiger charge is -1.89. The van der Waals surface area contributed by atoms with Crippen LogP contribution in [0.25, 0.3) is 4.96 Å². The maximum Gasteiger partial charge on any atom is 0.194 e. The molecule has 0 amide bonds. The number of hydrogen-bond acceptors (Lipinski definition) is 3. The Balaban J connectivity index is 2.76. The van der Waals surface area contributed by atoms with E-state index >= 15 is 0 Å². The summed E-state index contributed by atoms with van der Waals surface area (Å²) < 4.78 is 1.84. The van der Waals surface area contributed by atoms with Gasteiger partial charge in [-0.05, 0) is 6.92 Å². The second-order valence-corrected chi connectivity index (χ2v) is 3.55. The van der Waals surface area contributed by atoms with Crippen molar-refractivity contribution in [2.24, 2.45) is 0 Å². The van der Waals surface area contributed by atoms with Gasteiger partial charge in [-0.15, -0.1) is 11.3 Å². The summed E-state index contributed by atoms with van der Waals surface area (Å²) in [4.78, 5) is 16.2. The van der Waals surface area contributed by atoms with Crippen molar-refractivity contribution >= 4 is 22.1 Å². The minimum atomic E-state index is 0.0821. The Morgan fingerprint density at radius 2 is 2.42 bits per heavy atom. The predicted molar refractivity (Wildman–Crippen MR) is 47.8 cm³/mol. The van der Waals surface area contributed by atoms with Gasteiger partial charge in [0.2, 0.25) is 0 Å². The van der Waals surface area contributed by atoms with Crippen LogP contribution < -0.4 is 0 Å². The summed E-state index contributed by atoms with van der Waals surface area (Å²) in [6.07, 6.45) is 1.88. The molecule has 0 aliphatic heterocycles. The average molecular weight is 180 g/mol. The molecule has 2 aromatic rings. The molecule has 0 atom stereocenters. The second kappa shape index (κ2) is 2.42. The fraction of sp³-hybridized carbons (Fsp3) is 0.250. The van der Waals surface area contributed by atoms with E-state index in [2.05, 4.69) is 4.98 Å². The maximum absolute atomic E-state index is 11.1. The number of hydrogen-bond donors (Lipinski definition) is 0. The van der Waals surface area contributed by atoms with Crippen LogP contribution in [0.1, 0.15) is 23.1 Å². The van der Waals surface area contributed by atoms with E-state index in [1.165, 1.54) is 11.3 Å². The quantitative estimate of drug-likeness (QED) is 0.628. The molecule has 62 valence electrons. The molecule has 2 heterocycles. The molecule has 3 nitrogen and oxygen atoms in total. The van der Waals surface area contributed by atoms with Crippen molar-refractivity contribution in [3.05, 3.63) is 23.0 Å². The molecule has 2 aromatic heterocycles. The van der Waals surface area contributed by atoms with Gasteiger partial charge in [0.25, 0.3) is 0 Å². The summed E-state index contributed by atoms with van der Waals surface area (Å²) in [7, 11) is 0. The number of Topliss-reactive ketones (excluding diaryl/α,β-unsaturated/α-hetero) is 1. The van der Waals surface area contributed by atoms with E-state index in [0.717, 1.165) is 16.3 Å². The summed E-state index contributed by atoms with van der Waals surface area (Å²) in [5.41, 5.74) is 1.67. The number of ketones is 1. The fourth-order valence-corrected chi connectivity index (χ4v) is 2.11. The van der Waals surface area contributed by atoms with E-state index in [1.54, 1.807) is 6.92 Å². The standard InChI is InChI=1S/C8H8N2OS/c1-5-3-10-7(6(2)11)4-12-8(10)9-5/h3-4H,1-2H3. The van der Waals surface area contributed by atoms with Crippen LogP contribution in [0.5, 0.6) is 0 Å². The van der Waals surface area contributed by atoms with Gasteiger partial charge < -0.3 is 0 Å². The summed E-state index contributed by atoms with van der Waals surface area (Å²) in [6, 6.07) is 0. The van der Waals surface area contributed by atoms with Crippen LogP contribution in [0.15, 0.2) is 11.6 Å². The first-order chi connectivity index (χ1) is 5.68. The first kappa shape index (κ1) is 7.49. The highest BCUT2D eigenvalue weighted by Crippen LogP contribution is 2.16. The van der Waals surface area contributed by atoms with Gasteiger partial charge in [-0.2, -0.15) is 0 Å². The van der Waals surface area contributed by atoms with Crippen LogP contribution in [0, 0.1) is 6.92 Å². The normalized spacial score (nSPS) is 10.8. The van der Waals surface area contributed by atoms with Gasteiger partial charge in [0, 0.05) is 18.5 Å². The molecule has 12 heavy (non-hydrogen) atoms. The number of carbonyl (C=O) groups is 1. The Morgan fingerprint density at radius 1 is 1.67 bits per heavy atom. The zero-order valence-corrected chi connectivity index (χ0v) is 7.68. The molecule has 0 aliphatic carbocycles. The zero-order chi connectivity index (χ0) is 8.72. The largest absolute Gasteiger partial charge is 0.293 e. The average Bonchev–Trinajstić information content (AvgIpc) is 2.43. The molecule has 0 saturated heterocycles. The summed E-state index contributed by atoms with van der Waals surface area (Å²) in [5.74, 6) is 0.0821. The smallest absolute Gasteiger partial charge is 0.194 e. The highest BCUT2D eigenvalue weighted by atomic mass is 32.1. The molecule has 0 saturated carbocycles. The van der Waals surface area contributed by atoms with Gasteiger partial charge in [-0.3, -0.25) is 9.20 Å². The Labute approximate surface area is 73.7 Å². The number of carbonyl (C=O) groups excluding carboxylic acids is 1. The van der Waals surface area contributed by atoms with Crippen molar-refractivity contribution in [2.75, 3.05) is 0 Å². The first-order valence-electron chi connectivity index (χ1n) is 3.62. The first-order valence-corrected chi connectivity index (χ1v) is 4.50. The Hall–Kier alpha value is -1.16. The number of nitrogens with zero attached hydrogens (tertiary/aromatic N) is 2. The topological polar surface area (TPSA) is 34.4 Å². The van der Waals surface area contributed by atoms with Crippen LogP contribution in [0.2, 0.25) is 0 Å².